The molecule has 1 saturated heterocycles. The van der Waals surface area contributed by atoms with Crippen LogP contribution in [0.1, 0.15) is 16.2 Å². The monoisotopic (exact) mass is 323 g/mol. The average molecular weight is 324 g/mol. The molecule has 1 amide bonds. The van der Waals surface area contributed by atoms with Crippen molar-refractivity contribution in [3.8, 4) is 0 Å². The molecule has 0 radical (unpaired) electrons. The van der Waals surface area contributed by atoms with Crippen LogP contribution >= 0.6 is 11.6 Å². The fourth-order valence-corrected chi connectivity index (χ4v) is 2.73. The number of H-pyrrole nitrogens is 1. The van der Waals surface area contributed by atoms with Crippen molar-refractivity contribution in [3.63, 3.8) is 0 Å². The average Bonchev–Trinajstić information content (AvgIpc) is 3.00. The Bertz CT molecular complexity index is 635. The largest absolute Gasteiger partial charge is 0.336 e. The number of aromatic amines is 1. The summed E-state index contributed by atoms with van der Waals surface area (Å²) in [7, 11) is 0. The third-order valence-corrected chi connectivity index (χ3v) is 3.99. The van der Waals surface area contributed by atoms with Crippen LogP contribution in [0.3, 0.4) is 0 Å². The molecule has 2 aromatic rings. The molecule has 0 aliphatic carbocycles. The first-order valence-electron chi connectivity index (χ1n) is 6.95. The fraction of sp³-hybridized carbons (Fsp3) is 0.357. The van der Waals surface area contributed by atoms with Crippen molar-refractivity contribution in [2.45, 2.75) is 6.54 Å². The van der Waals surface area contributed by atoms with Gasteiger partial charge >= 0.3 is 0 Å². The van der Waals surface area contributed by atoms with Gasteiger partial charge < -0.3 is 4.90 Å². The lowest BCUT2D eigenvalue weighted by Crippen LogP contribution is -2.48. The number of halogens is 2. The second-order valence-corrected chi connectivity index (χ2v) is 5.50. The smallest absolute Gasteiger partial charge is 0.258 e. The number of piperazine rings is 1. The second kappa shape index (κ2) is 6.41. The zero-order chi connectivity index (χ0) is 15.5. The minimum absolute atomic E-state index is 0.0483. The summed E-state index contributed by atoms with van der Waals surface area (Å²) in [5.74, 6) is -0.152. The zero-order valence-corrected chi connectivity index (χ0v) is 12.6. The number of aromatic nitrogens is 3. The first kappa shape index (κ1) is 14.9. The minimum atomic E-state index is -0.582. The van der Waals surface area contributed by atoms with Gasteiger partial charge in [0.05, 0.1) is 17.1 Å². The van der Waals surface area contributed by atoms with Gasteiger partial charge in [-0.25, -0.2) is 9.37 Å². The van der Waals surface area contributed by atoms with Crippen LogP contribution in [0.5, 0.6) is 0 Å². The standard InChI is InChI=1S/C14H15ClFN5O/c15-10-2-1-3-11(16)13(10)14(22)21-6-4-20(5-7-21)8-12-17-9-18-19-12/h1-3,9H,4-8H2,(H,17,18,19). The molecule has 0 saturated carbocycles. The third kappa shape index (κ3) is 3.10. The summed E-state index contributed by atoms with van der Waals surface area (Å²) >= 11 is 5.95. The number of benzene rings is 1. The van der Waals surface area contributed by atoms with Crippen LogP contribution in [0.2, 0.25) is 5.02 Å². The van der Waals surface area contributed by atoms with E-state index in [2.05, 4.69) is 20.1 Å². The van der Waals surface area contributed by atoms with Crippen LogP contribution in [0.25, 0.3) is 0 Å². The van der Waals surface area contributed by atoms with Gasteiger partial charge in [0, 0.05) is 26.2 Å². The number of rotatable bonds is 3. The van der Waals surface area contributed by atoms with Crippen molar-refractivity contribution in [2.24, 2.45) is 0 Å². The van der Waals surface area contributed by atoms with Gasteiger partial charge in [-0.05, 0) is 12.1 Å². The Labute approximate surface area is 131 Å². The van der Waals surface area contributed by atoms with Gasteiger partial charge in [-0.3, -0.25) is 14.8 Å². The first-order chi connectivity index (χ1) is 10.6. The van der Waals surface area contributed by atoms with Gasteiger partial charge in [0.1, 0.15) is 18.0 Å². The molecule has 0 bridgehead atoms. The van der Waals surface area contributed by atoms with Crippen molar-refractivity contribution >= 4 is 17.5 Å². The van der Waals surface area contributed by atoms with Crippen LogP contribution < -0.4 is 0 Å². The molecule has 0 spiro atoms. The molecule has 1 aliphatic heterocycles. The van der Waals surface area contributed by atoms with Crippen LogP contribution in [0, 0.1) is 5.82 Å². The van der Waals surface area contributed by atoms with E-state index in [-0.39, 0.29) is 16.5 Å². The van der Waals surface area contributed by atoms with E-state index in [1.54, 1.807) is 4.90 Å². The lowest BCUT2D eigenvalue weighted by molar-refractivity contribution is 0.0621. The number of carbonyl (C=O) groups excluding carboxylic acids is 1. The lowest BCUT2D eigenvalue weighted by Gasteiger charge is -2.34. The highest BCUT2D eigenvalue weighted by molar-refractivity contribution is 6.33. The van der Waals surface area contributed by atoms with Crippen LogP contribution in [0.4, 0.5) is 4.39 Å². The summed E-state index contributed by atoms with van der Waals surface area (Å²) in [6.45, 7) is 3.09. The molecule has 2 heterocycles. The Hall–Kier alpha value is -1.99. The third-order valence-electron chi connectivity index (χ3n) is 3.67. The number of nitrogens with zero attached hydrogens (tertiary/aromatic N) is 4. The van der Waals surface area contributed by atoms with Crippen LogP contribution in [-0.4, -0.2) is 57.1 Å². The number of carbonyl (C=O) groups is 1. The number of nitrogens with one attached hydrogen (secondary N) is 1. The van der Waals surface area contributed by atoms with Crippen molar-refractivity contribution in [3.05, 3.63) is 46.8 Å². The van der Waals surface area contributed by atoms with Crippen molar-refractivity contribution in [2.75, 3.05) is 26.2 Å². The molecular weight excluding hydrogens is 309 g/mol. The molecule has 3 rings (SSSR count). The van der Waals surface area contributed by atoms with Gasteiger partial charge in [0.15, 0.2) is 0 Å². The molecule has 1 aliphatic rings. The predicted octanol–water partition coefficient (Wildman–Crippen LogP) is 1.56. The van der Waals surface area contributed by atoms with E-state index in [0.717, 1.165) is 5.82 Å². The molecule has 116 valence electrons. The van der Waals surface area contributed by atoms with Gasteiger partial charge in [-0.2, -0.15) is 5.10 Å². The maximum atomic E-state index is 13.8. The fourth-order valence-electron chi connectivity index (χ4n) is 2.49. The predicted molar refractivity (Wildman–Crippen MR) is 79.0 cm³/mol. The number of hydrogen-bond donors (Lipinski definition) is 1. The van der Waals surface area contributed by atoms with E-state index in [1.165, 1.54) is 24.5 Å². The van der Waals surface area contributed by atoms with E-state index in [4.69, 9.17) is 11.6 Å². The first-order valence-corrected chi connectivity index (χ1v) is 7.33. The van der Waals surface area contributed by atoms with E-state index in [1.807, 2.05) is 0 Å². The molecule has 1 aromatic heterocycles. The Morgan fingerprint density at radius 2 is 2.09 bits per heavy atom. The zero-order valence-electron chi connectivity index (χ0n) is 11.8. The molecule has 8 heteroatoms. The van der Waals surface area contributed by atoms with Crippen molar-refractivity contribution in [1.82, 2.24) is 25.0 Å². The highest BCUT2D eigenvalue weighted by Gasteiger charge is 2.26. The highest BCUT2D eigenvalue weighted by Crippen LogP contribution is 2.21. The normalized spacial score (nSPS) is 16.0. The van der Waals surface area contributed by atoms with Gasteiger partial charge in [-0.15, -0.1) is 0 Å². The minimum Gasteiger partial charge on any atom is -0.336 e. The quantitative estimate of drug-likeness (QED) is 0.931. The highest BCUT2D eigenvalue weighted by atomic mass is 35.5. The van der Waals surface area contributed by atoms with Crippen molar-refractivity contribution < 1.29 is 9.18 Å². The molecule has 1 fully saturated rings. The molecule has 0 atom stereocenters. The van der Waals surface area contributed by atoms with Gasteiger partial charge in [0.25, 0.3) is 5.91 Å². The van der Waals surface area contributed by atoms with Crippen LogP contribution in [0.15, 0.2) is 24.5 Å². The SMILES string of the molecule is O=C(c1c(F)cccc1Cl)N1CCN(Cc2ncn[nH]2)CC1. The molecule has 1 N–H and O–H groups in total. The Morgan fingerprint density at radius 1 is 1.32 bits per heavy atom. The van der Waals surface area contributed by atoms with E-state index in [0.29, 0.717) is 32.7 Å². The van der Waals surface area contributed by atoms with Crippen molar-refractivity contribution in [1.29, 1.82) is 0 Å². The van der Waals surface area contributed by atoms with Crippen LogP contribution in [-0.2, 0) is 6.54 Å². The number of amides is 1. The summed E-state index contributed by atoms with van der Waals surface area (Å²) in [5.41, 5.74) is -0.0483. The summed E-state index contributed by atoms with van der Waals surface area (Å²) < 4.78 is 13.8. The Morgan fingerprint density at radius 3 is 2.73 bits per heavy atom. The molecule has 1 aromatic carbocycles. The Kier molecular flexibility index (Phi) is 4.35. The summed E-state index contributed by atoms with van der Waals surface area (Å²) in [5, 5.41) is 6.76. The molecule has 22 heavy (non-hydrogen) atoms. The summed E-state index contributed by atoms with van der Waals surface area (Å²) in [6.07, 6.45) is 1.47. The summed E-state index contributed by atoms with van der Waals surface area (Å²) in [6, 6.07) is 4.26. The summed E-state index contributed by atoms with van der Waals surface area (Å²) in [4.78, 5) is 20.3. The maximum Gasteiger partial charge on any atom is 0.258 e. The maximum absolute atomic E-state index is 13.8. The van der Waals surface area contributed by atoms with E-state index < -0.39 is 5.82 Å². The van der Waals surface area contributed by atoms with E-state index >= 15 is 0 Å². The molecule has 6 nitrogen and oxygen atoms in total. The lowest BCUT2D eigenvalue weighted by atomic mass is 10.1. The van der Waals surface area contributed by atoms with Gasteiger partial charge in [0.2, 0.25) is 0 Å². The Balaban J connectivity index is 1.62. The molecule has 0 unspecified atom stereocenters. The molecular formula is C14H15ClFN5O. The topological polar surface area (TPSA) is 65.1 Å². The second-order valence-electron chi connectivity index (χ2n) is 5.10. The number of hydrogen-bond acceptors (Lipinski definition) is 4. The van der Waals surface area contributed by atoms with Gasteiger partial charge in [-0.1, -0.05) is 17.7 Å². The van der Waals surface area contributed by atoms with E-state index in [9.17, 15) is 9.18 Å².